The monoisotopic (exact) mass is 132 g/mol. The molecule has 1 fully saturated rings. The fourth-order valence-corrected chi connectivity index (χ4v) is 1.40. The maximum Gasteiger partial charge on any atom is 0.0923 e. The predicted molar refractivity (Wildman–Crippen MR) is 33.9 cm³/mol. The lowest BCUT2D eigenvalue weighted by Crippen LogP contribution is -2.20. The maximum absolute atomic E-state index is 11.9. The fraction of sp³-hybridized carbons (Fsp3) is 1.00. The maximum atomic E-state index is 11.9. The summed E-state index contributed by atoms with van der Waals surface area (Å²) in [6.45, 7) is -0.253. The van der Waals surface area contributed by atoms with Crippen LogP contribution in [0.1, 0.15) is 25.7 Å². The summed E-state index contributed by atoms with van der Waals surface area (Å²) in [4.78, 5) is 0. The van der Waals surface area contributed by atoms with Crippen LogP contribution in [-0.2, 0) is 0 Å². The molecular formula is C7H13FO. The number of hydrogen-bond acceptors (Lipinski definition) is 1. The summed E-state index contributed by atoms with van der Waals surface area (Å²) in [6.07, 6.45) is 3.29. The van der Waals surface area contributed by atoms with Gasteiger partial charge in [0.1, 0.15) is 0 Å². The van der Waals surface area contributed by atoms with E-state index < -0.39 is 0 Å². The van der Waals surface area contributed by atoms with Gasteiger partial charge in [0.2, 0.25) is 0 Å². The van der Waals surface area contributed by atoms with E-state index in [1.807, 2.05) is 0 Å². The molecule has 1 saturated carbocycles. The van der Waals surface area contributed by atoms with E-state index in [1.165, 1.54) is 0 Å². The van der Waals surface area contributed by atoms with E-state index >= 15 is 0 Å². The van der Waals surface area contributed by atoms with E-state index in [9.17, 15) is 4.39 Å². The highest BCUT2D eigenvalue weighted by atomic mass is 19.1. The Hall–Kier alpha value is -0.110. The molecule has 1 aliphatic rings. The van der Waals surface area contributed by atoms with E-state index in [0.717, 1.165) is 19.3 Å². The summed E-state index contributed by atoms with van der Waals surface area (Å²) in [5, 5.41) is 9.04. The Morgan fingerprint density at radius 3 is 2.67 bits per heavy atom. The Morgan fingerprint density at radius 2 is 2.22 bits per heavy atom. The molecule has 2 atom stereocenters. The fourth-order valence-electron chi connectivity index (χ4n) is 1.40. The minimum atomic E-state index is -0.253. The van der Waals surface area contributed by atoms with Crippen molar-refractivity contribution in [3.63, 3.8) is 0 Å². The van der Waals surface area contributed by atoms with Crippen LogP contribution >= 0.6 is 0 Å². The number of aliphatic hydroxyl groups is 1. The molecule has 0 spiro atoms. The third kappa shape index (κ3) is 1.94. The van der Waals surface area contributed by atoms with Gasteiger partial charge in [-0.05, 0) is 25.2 Å². The Labute approximate surface area is 54.9 Å². The van der Waals surface area contributed by atoms with Gasteiger partial charge in [-0.3, -0.25) is 4.39 Å². The van der Waals surface area contributed by atoms with Gasteiger partial charge in [0.05, 0.1) is 12.8 Å². The van der Waals surface area contributed by atoms with Crippen LogP contribution in [0.3, 0.4) is 0 Å². The molecule has 0 bridgehead atoms. The zero-order valence-corrected chi connectivity index (χ0v) is 5.52. The summed E-state index contributed by atoms with van der Waals surface area (Å²) in [5.74, 6) is 0.147. The van der Waals surface area contributed by atoms with Gasteiger partial charge < -0.3 is 5.11 Å². The number of alkyl halides is 1. The standard InChI is InChI=1S/C7H13FO/c8-5-6-2-1-3-7(9)4-6/h6-7,9H,1-5H2. The highest BCUT2D eigenvalue weighted by molar-refractivity contribution is 4.70. The highest BCUT2D eigenvalue weighted by Crippen LogP contribution is 2.23. The average molecular weight is 132 g/mol. The predicted octanol–water partition coefficient (Wildman–Crippen LogP) is 1.51. The normalized spacial score (nSPS) is 36.7. The number of hydrogen-bond donors (Lipinski definition) is 1. The van der Waals surface area contributed by atoms with E-state index in [-0.39, 0.29) is 18.7 Å². The van der Waals surface area contributed by atoms with Gasteiger partial charge in [0.15, 0.2) is 0 Å². The Balaban J connectivity index is 2.23. The van der Waals surface area contributed by atoms with Crippen molar-refractivity contribution in [3.05, 3.63) is 0 Å². The lowest BCUT2D eigenvalue weighted by atomic mass is 9.88. The van der Waals surface area contributed by atoms with Crippen LogP contribution in [0.4, 0.5) is 4.39 Å². The first kappa shape index (κ1) is 7.00. The van der Waals surface area contributed by atoms with E-state index in [4.69, 9.17) is 5.11 Å². The second-order valence-electron chi connectivity index (χ2n) is 2.84. The molecule has 0 amide bonds. The van der Waals surface area contributed by atoms with Crippen molar-refractivity contribution >= 4 is 0 Å². The first-order chi connectivity index (χ1) is 4.33. The molecular weight excluding hydrogens is 119 g/mol. The van der Waals surface area contributed by atoms with E-state index in [1.54, 1.807) is 0 Å². The molecule has 1 nitrogen and oxygen atoms in total. The number of halogens is 1. The lowest BCUT2D eigenvalue weighted by molar-refractivity contribution is 0.0918. The number of rotatable bonds is 1. The molecule has 0 aromatic heterocycles. The smallest absolute Gasteiger partial charge is 0.0923 e. The molecule has 0 radical (unpaired) electrons. The second-order valence-corrected chi connectivity index (χ2v) is 2.84. The lowest BCUT2D eigenvalue weighted by Gasteiger charge is -2.22. The molecule has 0 aromatic carbocycles. The topological polar surface area (TPSA) is 20.2 Å². The first-order valence-corrected chi connectivity index (χ1v) is 3.57. The van der Waals surface area contributed by atoms with Crippen LogP contribution in [0.25, 0.3) is 0 Å². The summed E-state index contributed by atoms with van der Waals surface area (Å²) < 4.78 is 11.9. The first-order valence-electron chi connectivity index (χ1n) is 3.57. The molecule has 1 N–H and O–H groups in total. The van der Waals surface area contributed by atoms with Crippen LogP contribution in [0.5, 0.6) is 0 Å². The molecule has 0 aromatic rings. The summed E-state index contributed by atoms with van der Waals surface area (Å²) >= 11 is 0. The highest BCUT2D eigenvalue weighted by Gasteiger charge is 2.19. The SMILES string of the molecule is OC1CCCC(CF)C1. The zero-order chi connectivity index (χ0) is 6.69. The Bertz CT molecular complexity index is 85.0. The third-order valence-electron chi connectivity index (χ3n) is 1.97. The minimum absolute atomic E-state index is 0.147. The number of aliphatic hydroxyl groups excluding tert-OH is 1. The quantitative estimate of drug-likeness (QED) is 0.573. The molecule has 2 unspecified atom stereocenters. The second kappa shape index (κ2) is 3.16. The molecule has 0 aliphatic heterocycles. The molecule has 54 valence electrons. The zero-order valence-electron chi connectivity index (χ0n) is 5.52. The van der Waals surface area contributed by atoms with Gasteiger partial charge in [-0.2, -0.15) is 0 Å². The van der Waals surface area contributed by atoms with Crippen molar-refractivity contribution in [1.82, 2.24) is 0 Å². The van der Waals surface area contributed by atoms with Gasteiger partial charge in [0.25, 0.3) is 0 Å². The van der Waals surface area contributed by atoms with Crippen molar-refractivity contribution < 1.29 is 9.50 Å². The Kier molecular flexibility index (Phi) is 2.46. The van der Waals surface area contributed by atoms with Crippen molar-refractivity contribution in [3.8, 4) is 0 Å². The van der Waals surface area contributed by atoms with Crippen LogP contribution in [0.2, 0.25) is 0 Å². The molecule has 9 heavy (non-hydrogen) atoms. The molecule has 0 heterocycles. The van der Waals surface area contributed by atoms with Crippen LogP contribution in [0, 0.1) is 5.92 Å². The summed E-state index contributed by atoms with van der Waals surface area (Å²) in [5.41, 5.74) is 0. The Morgan fingerprint density at radius 1 is 1.44 bits per heavy atom. The average Bonchev–Trinajstić information content (AvgIpc) is 1.88. The molecule has 2 heteroatoms. The van der Waals surface area contributed by atoms with Gasteiger partial charge in [-0.1, -0.05) is 6.42 Å². The van der Waals surface area contributed by atoms with Gasteiger partial charge in [-0.25, -0.2) is 0 Å². The third-order valence-corrected chi connectivity index (χ3v) is 1.97. The van der Waals surface area contributed by atoms with Crippen molar-refractivity contribution in [2.45, 2.75) is 31.8 Å². The summed E-state index contributed by atoms with van der Waals surface area (Å²) in [6, 6.07) is 0. The van der Waals surface area contributed by atoms with Gasteiger partial charge >= 0.3 is 0 Å². The van der Waals surface area contributed by atoms with Gasteiger partial charge in [0, 0.05) is 0 Å². The van der Waals surface area contributed by atoms with Crippen molar-refractivity contribution in [2.24, 2.45) is 5.92 Å². The van der Waals surface area contributed by atoms with Crippen molar-refractivity contribution in [1.29, 1.82) is 0 Å². The van der Waals surface area contributed by atoms with Crippen LogP contribution in [-0.4, -0.2) is 17.9 Å². The summed E-state index contributed by atoms with van der Waals surface area (Å²) in [7, 11) is 0. The van der Waals surface area contributed by atoms with Crippen LogP contribution in [0.15, 0.2) is 0 Å². The van der Waals surface area contributed by atoms with E-state index in [2.05, 4.69) is 0 Å². The van der Waals surface area contributed by atoms with E-state index in [0.29, 0.717) is 6.42 Å². The van der Waals surface area contributed by atoms with Crippen molar-refractivity contribution in [2.75, 3.05) is 6.67 Å². The minimum Gasteiger partial charge on any atom is -0.393 e. The molecule has 1 rings (SSSR count). The molecule has 1 aliphatic carbocycles. The largest absolute Gasteiger partial charge is 0.393 e. The molecule has 0 saturated heterocycles. The van der Waals surface area contributed by atoms with Crippen LogP contribution < -0.4 is 0 Å². The van der Waals surface area contributed by atoms with Gasteiger partial charge in [-0.15, -0.1) is 0 Å².